The van der Waals surface area contributed by atoms with Gasteiger partial charge in [0.2, 0.25) is 11.8 Å². The first-order valence-electron chi connectivity index (χ1n) is 11.8. The first-order valence-corrected chi connectivity index (χ1v) is 11.8. The van der Waals surface area contributed by atoms with Crippen LogP contribution in [0.2, 0.25) is 0 Å². The second-order valence-electron chi connectivity index (χ2n) is 8.87. The topological polar surface area (TPSA) is 78.9 Å². The van der Waals surface area contributed by atoms with Gasteiger partial charge in [-0.05, 0) is 50.5 Å². The molecular formula is C25H33N5O3. The Balaban J connectivity index is 1.33. The highest BCUT2D eigenvalue weighted by molar-refractivity contribution is 5.87. The molecular weight excluding hydrogens is 418 g/mol. The fourth-order valence-corrected chi connectivity index (χ4v) is 4.10. The highest BCUT2D eigenvalue weighted by Crippen LogP contribution is 2.32. The minimum absolute atomic E-state index is 0.0309. The zero-order chi connectivity index (χ0) is 23.4. The van der Waals surface area contributed by atoms with Crippen LogP contribution in [0.15, 0.2) is 36.4 Å². The van der Waals surface area contributed by atoms with E-state index < -0.39 is 0 Å². The zero-order valence-electron chi connectivity index (χ0n) is 19.7. The van der Waals surface area contributed by atoms with Gasteiger partial charge in [-0.2, -0.15) is 0 Å². The second kappa shape index (κ2) is 10.2. The van der Waals surface area contributed by atoms with Gasteiger partial charge in [0.15, 0.2) is 5.82 Å². The number of rotatable bonds is 8. The number of hydrogen-bond donors (Lipinski definition) is 0. The summed E-state index contributed by atoms with van der Waals surface area (Å²) in [6.45, 7) is 6.88. The van der Waals surface area contributed by atoms with Gasteiger partial charge in [-0.15, -0.1) is 10.2 Å². The number of benzene rings is 1. The second-order valence-corrected chi connectivity index (χ2v) is 8.87. The van der Waals surface area contributed by atoms with Crippen LogP contribution in [0, 0.1) is 5.92 Å². The summed E-state index contributed by atoms with van der Waals surface area (Å²) < 4.78 is 5.29. The van der Waals surface area contributed by atoms with Crippen LogP contribution in [0.25, 0.3) is 11.3 Å². The Hall–Kier alpha value is -3.16. The molecule has 176 valence electrons. The van der Waals surface area contributed by atoms with E-state index in [1.165, 1.54) is 0 Å². The van der Waals surface area contributed by atoms with E-state index in [2.05, 4.69) is 22.0 Å². The van der Waals surface area contributed by atoms with Gasteiger partial charge in [0.1, 0.15) is 5.75 Å². The highest BCUT2D eigenvalue weighted by Gasteiger charge is 2.36. The molecule has 1 saturated carbocycles. The first kappa shape index (κ1) is 23.0. The van der Waals surface area contributed by atoms with Gasteiger partial charge in [0, 0.05) is 43.7 Å². The summed E-state index contributed by atoms with van der Waals surface area (Å²) in [5, 5.41) is 8.81. The Morgan fingerprint density at radius 3 is 2.48 bits per heavy atom. The molecule has 2 heterocycles. The molecule has 1 saturated heterocycles. The Bertz CT molecular complexity index is 968. The number of ether oxygens (including phenoxy) is 1. The monoisotopic (exact) mass is 451 g/mol. The van der Waals surface area contributed by atoms with Crippen molar-refractivity contribution in [1.29, 1.82) is 0 Å². The zero-order valence-corrected chi connectivity index (χ0v) is 19.7. The van der Waals surface area contributed by atoms with Crippen LogP contribution >= 0.6 is 0 Å². The molecule has 2 aliphatic rings. The van der Waals surface area contributed by atoms with Crippen molar-refractivity contribution in [2.24, 2.45) is 5.92 Å². The molecule has 0 radical (unpaired) electrons. The van der Waals surface area contributed by atoms with Crippen LogP contribution in [0.1, 0.15) is 33.1 Å². The van der Waals surface area contributed by atoms with Crippen LogP contribution in [0.5, 0.6) is 5.75 Å². The number of anilines is 1. The molecule has 2 aromatic rings. The molecule has 1 aliphatic carbocycles. The molecule has 33 heavy (non-hydrogen) atoms. The summed E-state index contributed by atoms with van der Waals surface area (Å²) in [4.78, 5) is 31.4. The maximum absolute atomic E-state index is 12.9. The Morgan fingerprint density at radius 1 is 1.12 bits per heavy atom. The average Bonchev–Trinajstić information content (AvgIpc) is 3.72. The largest absolute Gasteiger partial charge is 0.497 e. The quantitative estimate of drug-likeness (QED) is 0.614. The van der Waals surface area contributed by atoms with Gasteiger partial charge in [-0.3, -0.25) is 9.59 Å². The maximum Gasteiger partial charge on any atom is 0.242 e. The number of carbonyl (C=O) groups is 2. The van der Waals surface area contributed by atoms with Gasteiger partial charge in [0.05, 0.1) is 19.3 Å². The molecule has 1 aromatic heterocycles. The van der Waals surface area contributed by atoms with E-state index in [-0.39, 0.29) is 30.3 Å². The molecule has 2 amide bonds. The standard InChI is InChI=1S/C25H33N5O3/c1-4-18(2)30(25(32)19-8-9-19)17-24(31)29-14-12-28(13-15-29)23-11-10-22(26-27-23)20-6-5-7-21(16-20)33-3/h5-7,10-11,16,18-19H,4,8-9,12-15,17H2,1-3H3. The summed E-state index contributed by atoms with van der Waals surface area (Å²) in [6, 6.07) is 11.8. The smallest absolute Gasteiger partial charge is 0.242 e. The lowest BCUT2D eigenvalue weighted by Crippen LogP contribution is -2.53. The maximum atomic E-state index is 12.9. The van der Waals surface area contributed by atoms with E-state index in [9.17, 15) is 9.59 Å². The Labute approximate surface area is 195 Å². The van der Waals surface area contributed by atoms with Gasteiger partial charge in [-0.25, -0.2) is 0 Å². The molecule has 1 aliphatic heterocycles. The van der Waals surface area contributed by atoms with Crippen LogP contribution in [0.4, 0.5) is 5.82 Å². The summed E-state index contributed by atoms with van der Waals surface area (Å²) >= 11 is 0. The predicted octanol–water partition coefficient (Wildman–Crippen LogP) is 2.84. The molecule has 1 unspecified atom stereocenters. The fourth-order valence-electron chi connectivity index (χ4n) is 4.10. The molecule has 2 fully saturated rings. The van der Waals surface area contributed by atoms with Crippen molar-refractivity contribution in [2.75, 3.05) is 44.7 Å². The van der Waals surface area contributed by atoms with Crippen LogP contribution < -0.4 is 9.64 Å². The average molecular weight is 452 g/mol. The normalized spacial score (nSPS) is 16.9. The molecule has 0 bridgehead atoms. The summed E-state index contributed by atoms with van der Waals surface area (Å²) in [6.07, 6.45) is 2.76. The predicted molar refractivity (Wildman–Crippen MR) is 127 cm³/mol. The summed E-state index contributed by atoms with van der Waals surface area (Å²) in [7, 11) is 1.64. The summed E-state index contributed by atoms with van der Waals surface area (Å²) in [5.41, 5.74) is 1.74. The van der Waals surface area contributed by atoms with Crippen molar-refractivity contribution in [2.45, 2.75) is 39.2 Å². The fraction of sp³-hybridized carbons (Fsp3) is 0.520. The van der Waals surface area contributed by atoms with Crippen molar-refractivity contribution in [1.82, 2.24) is 20.0 Å². The van der Waals surface area contributed by atoms with E-state index >= 15 is 0 Å². The minimum atomic E-state index is 0.0309. The van der Waals surface area contributed by atoms with E-state index in [4.69, 9.17) is 4.74 Å². The van der Waals surface area contributed by atoms with Crippen LogP contribution in [-0.2, 0) is 9.59 Å². The van der Waals surface area contributed by atoms with Crippen molar-refractivity contribution in [3.63, 3.8) is 0 Å². The molecule has 0 N–H and O–H groups in total. The molecule has 4 rings (SSSR count). The minimum Gasteiger partial charge on any atom is -0.497 e. The van der Waals surface area contributed by atoms with Crippen molar-refractivity contribution < 1.29 is 14.3 Å². The molecule has 8 heteroatoms. The number of piperazine rings is 1. The van der Waals surface area contributed by atoms with Crippen molar-refractivity contribution >= 4 is 17.6 Å². The third-order valence-electron chi connectivity index (χ3n) is 6.61. The Morgan fingerprint density at radius 2 is 1.88 bits per heavy atom. The summed E-state index contributed by atoms with van der Waals surface area (Å²) in [5.74, 6) is 1.89. The van der Waals surface area contributed by atoms with Gasteiger partial charge in [-0.1, -0.05) is 19.1 Å². The number of amides is 2. The van der Waals surface area contributed by atoms with Gasteiger partial charge >= 0.3 is 0 Å². The lowest BCUT2D eigenvalue weighted by atomic mass is 10.1. The number of nitrogens with zero attached hydrogens (tertiary/aromatic N) is 5. The van der Waals surface area contributed by atoms with Crippen LogP contribution in [0.3, 0.4) is 0 Å². The molecule has 8 nitrogen and oxygen atoms in total. The molecule has 1 atom stereocenters. The Kier molecular flexibility index (Phi) is 7.11. The lowest BCUT2D eigenvalue weighted by molar-refractivity contribution is -0.143. The third kappa shape index (κ3) is 5.43. The van der Waals surface area contributed by atoms with Gasteiger partial charge < -0.3 is 19.4 Å². The van der Waals surface area contributed by atoms with E-state index in [0.29, 0.717) is 26.2 Å². The van der Waals surface area contributed by atoms with Crippen LogP contribution in [-0.4, -0.2) is 77.7 Å². The van der Waals surface area contributed by atoms with E-state index in [1.54, 1.807) is 12.0 Å². The number of hydrogen-bond acceptors (Lipinski definition) is 6. The van der Waals surface area contributed by atoms with E-state index in [1.807, 2.05) is 48.2 Å². The number of methoxy groups -OCH3 is 1. The van der Waals surface area contributed by atoms with Crippen molar-refractivity contribution in [3.05, 3.63) is 36.4 Å². The van der Waals surface area contributed by atoms with Gasteiger partial charge in [0.25, 0.3) is 0 Å². The van der Waals surface area contributed by atoms with Crippen molar-refractivity contribution in [3.8, 4) is 17.0 Å². The van der Waals surface area contributed by atoms with E-state index in [0.717, 1.165) is 42.1 Å². The first-order chi connectivity index (χ1) is 16.0. The lowest BCUT2D eigenvalue weighted by Gasteiger charge is -2.37. The molecule has 1 aromatic carbocycles. The SMILES string of the molecule is CCC(C)N(CC(=O)N1CCN(c2ccc(-c3cccc(OC)c3)nn2)CC1)C(=O)C1CC1. The number of aromatic nitrogens is 2. The third-order valence-corrected chi connectivity index (χ3v) is 6.61. The number of carbonyl (C=O) groups excluding carboxylic acids is 2. The molecule has 0 spiro atoms. The highest BCUT2D eigenvalue weighted by atomic mass is 16.5.